The van der Waals surface area contributed by atoms with E-state index in [1.165, 1.54) is 18.9 Å². The van der Waals surface area contributed by atoms with Gasteiger partial charge in [-0.25, -0.2) is 0 Å². The Balaban J connectivity index is 0.000000213. The van der Waals surface area contributed by atoms with Gasteiger partial charge in [-0.2, -0.15) is 0 Å². The number of ether oxygens (including phenoxy) is 1. The Hall–Kier alpha value is -3.22. The lowest BCUT2D eigenvalue weighted by atomic mass is 10.3. The maximum absolute atomic E-state index is 8.91. The van der Waals surface area contributed by atoms with E-state index in [0.717, 1.165) is 12.4 Å². The average molecular weight is 441 g/mol. The van der Waals surface area contributed by atoms with Crippen molar-refractivity contribution in [2.24, 2.45) is 0 Å². The van der Waals surface area contributed by atoms with E-state index in [0.29, 0.717) is 18.1 Å². The molecule has 1 saturated heterocycles. The molecule has 6 heteroatoms. The molecule has 0 atom stereocenters. The summed E-state index contributed by atoms with van der Waals surface area (Å²) in [6, 6.07) is 25.4. The number of benzene rings is 3. The van der Waals surface area contributed by atoms with Crippen LogP contribution in [0.1, 0.15) is 12.8 Å². The van der Waals surface area contributed by atoms with Crippen LogP contribution >= 0.6 is 0 Å². The predicted octanol–water partition coefficient (Wildman–Crippen LogP) is 5.04. The lowest BCUT2D eigenvalue weighted by Crippen LogP contribution is -2.06. The van der Waals surface area contributed by atoms with Crippen molar-refractivity contribution in [1.29, 1.82) is 0 Å². The molecule has 0 bridgehead atoms. The van der Waals surface area contributed by atoms with Crippen molar-refractivity contribution in [2.45, 2.75) is 18.9 Å². The molecule has 0 saturated carbocycles. The normalized spacial score (nSPS) is 12.5. The molecule has 1 aliphatic rings. The van der Waals surface area contributed by atoms with Crippen LogP contribution in [-0.2, 0) is 4.43 Å². The maximum atomic E-state index is 8.91. The van der Waals surface area contributed by atoms with Crippen molar-refractivity contribution in [3.05, 3.63) is 97.6 Å². The number of aromatic hydroxyl groups is 3. The number of hydrogen-bond acceptors (Lipinski definition) is 5. The monoisotopic (exact) mass is 440 g/mol. The van der Waals surface area contributed by atoms with Crippen LogP contribution < -0.4 is 4.74 Å². The molecular weight excluding hydrogens is 408 g/mol. The molecule has 5 nitrogen and oxygen atoms in total. The first kappa shape index (κ1) is 25.8. The third-order valence-electron chi connectivity index (χ3n) is 3.79. The van der Waals surface area contributed by atoms with Crippen molar-refractivity contribution in [2.75, 3.05) is 13.2 Å². The van der Waals surface area contributed by atoms with Gasteiger partial charge >= 0.3 is 0 Å². The molecule has 1 heterocycles. The lowest BCUT2D eigenvalue weighted by molar-refractivity contribution is 0.304. The summed E-state index contributed by atoms with van der Waals surface area (Å²) >= 11 is 0. The predicted molar refractivity (Wildman–Crippen MR) is 129 cm³/mol. The Morgan fingerprint density at radius 2 is 1.29 bits per heavy atom. The molecule has 1 aliphatic heterocycles. The lowest BCUT2D eigenvalue weighted by Gasteiger charge is -2.07. The Labute approximate surface area is 187 Å². The van der Waals surface area contributed by atoms with Gasteiger partial charge in [-0.1, -0.05) is 55.5 Å². The van der Waals surface area contributed by atoms with E-state index in [9.17, 15) is 0 Å². The number of phenolic OH excluding ortho intramolecular Hbond substituents is 3. The smallest absolute Gasteiger partial charge is 0.161 e. The second-order valence-corrected chi connectivity index (χ2v) is 7.96. The fraction of sp³-hybridized carbons (Fsp3) is 0.200. The van der Waals surface area contributed by atoms with Crippen molar-refractivity contribution in [3.63, 3.8) is 0 Å². The molecule has 166 valence electrons. The van der Waals surface area contributed by atoms with Gasteiger partial charge in [0.1, 0.15) is 29.6 Å². The summed E-state index contributed by atoms with van der Waals surface area (Å²) in [7, 11) is 0.00849. The Kier molecular flexibility index (Phi) is 14.7. The minimum atomic E-state index is 0.00849. The molecule has 0 amide bonds. The molecule has 3 N–H and O–H groups in total. The summed E-state index contributed by atoms with van der Waals surface area (Å²) in [5.41, 5.74) is 0. The van der Waals surface area contributed by atoms with Crippen LogP contribution in [0.3, 0.4) is 0 Å². The van der Waals surface area contributed by atoms with E-state index in [1.54, 1.807) is 78.9 Å². The summed E-state index contributed by atoms with van der Waals surface area (Å²) in [5, 5.41) is 26.2. The molecule has 31 heavy (non-hydrogen) atoms. The van der Waals surface area contributed by atoms with Crippen molar-refractivity contribution < 1.29 is 24.5 Å². The summed E-state index contributed by atoms with van der Waals surface area (Å²) in [6.45, 7) is 5.07. The third kappa shape index (κ3) is 15.3. The van der Waals surface area contributed by atoms with Crippen molar-refractivity contribution in [1.82, 2.24) is 0 Å². The van der Waals surface area contributed by atoms with Crippen LogP contribution in [0.15, 0.2) is 97.6 Å². The minimum absolute atomic E-state index is 0.00849. The van der Waals surface area contributed by atoms with E-state index in [4.69, 9.17) is 24.5 Å². The van der Waals surface area contributed by atoms with Gasteiger partial charge < -0.3 is 24.5 Å². The van der Waals surface area contributed by atoms with Gasteiger partial charge in [0.15, 0.2) is 9.76 Å². The second-order valence-electron chi connectivity index (χ2n) is 6.44. The van der Waals surface area contributed by atoms with E-state index in [1.807, 2.05) is 12.1 Å². The Morgan fingerprint density at radius 1 is 0.774 bits per heavy atom. The highest BCUT2D eigenvalue weighted by Crippen LogP contribution is 2.15. The van der Waals surface area contributed by atoms with Crippen LogP contribution in [0.2, 0.25) is 6.04 Å². The first-order chi connectivity index (χ1) is 15.1. The van der Waals surface area contributed by atoms with Crippen LogP contribution in [0.4, 0.5) is 0 Å². The van der Waals surface area contributed by atoms with Crippen LogP contribution in [0.25, 0.3) is 0 Å². The highest BCUT2D eigenvalue weighted by molar-refractivity contribution is 6.27. The topological polar surface area (TPSA) is 79.2 Å². The minimum Gasteiger partial charge on any atom is -0.508 e. The SMILES string of the molecule is C1CC[SiH2]OC1.C=CCOc1ccc(O)cc1.Oc1ccccc1.Oc1ccccc1. The van der Waals surface area contributed by atoms with E-state index in [2.05, 4.69) is 6.58 Å². The zero-order valence-electron chi connectivity index (χ0n) is 17.8. The first-order valence-electron chi connectivity index (χ1n) is 10.2. The molecule has 0 aliphatic carbocycles. The van der Waals surface area contributed by atoms with Crippen molar-refractivity contribution >= 4 is 9.76 Å². The molecule has 4 rings (SSSR count). The highest BCUT2D eigenvalue weighted by Gasteiger charge is 1.96. The van der Waals surface area contributed by atoms with Gasteiger partial charge in [-0.3, -0.25) is 0 Å². The first-order valence-corrected chi connectivity index (χ1v) is 11.8. The Bertz CT molecular complexity index is 742. The van der Waals surface area contributed by atoms with Crippen LogP contribution in [-0.4, -0.2) is 38.3 Å². The van der Waals surface area contributed by atoms with E-state index < -0.39 is 0 Å². The van der Waals surface area contributed by atoms with Crippen LogP contribution in [0.5, 0.6) is 23.0 Å². The van der Waals surface area contributed by atoms with E-state index >= 15 is 0 Å². The number of rotatable bonds is 3. The van der Waals surface area contributed by atoms with E-state index in [-0.39, 0.29) is 15.5 Å². The third-order valence-corrected chi connectivity index (χ3v) is 5.16. The zero-order chi connectivity index (χ0) is 22.6. The van der Waals surface area contributed by atoms with Crippen molar-refractivity contribution in [3.8, 4) is 23.0 Å². The molecule has 0 radical (unpaired) electrons. The number of para-hydroxylation sites is 2. The fourth-order valence-corrected chi connectivity index (χ4v) is 3.41. The van der Waals surface area contributed by atoms with Crippen LogP contribution in [0, 0.1) is 0 Å². The molecular formula is C25H32O5Si. The zero-order valence-corrected chi connectivity index (χ0v) is 19.2. The summed E-state index contributed by atoms with van der Waals surface area (Å²) < 4.78 is 10.4. The molecule has 0 unspecified atom stereocenters. The standard InChI is InChI=1S/C9H10O2.2C6H6O.C4H10OSi/c1-2-7-11-9-5-3-8(10)4-6-9;2*7-6-4-2-1-3-5-6;1-2-4-6-5-3-1/h2-6,10H,1,7H2;2*1-5,7H;1-4,6H2. The van der Waals surface area contributed by atoms with Gasteiger partial charge in [0.25, 0.3) is 0 Å². The quantitative estimate of drug-likeness (QED) is 0.393. The summed E-state index contributed by atoms with van der Waals surface area (Å²) in [5.74, 6) is 1.63. The van der Waals surface area contributed by atoms with Gasteiger partial charge in [0.2, 0.25) is 0 Å². The molecule has 0 spiro atoms. The maximum Gasteiger partial charge on any atom is 0.161 e. The molecule has 0 aromatic heterocycles. The van der Waals surface area contributed by atoms with Gasteiger partial charge in [0, 0.05) is 6.61 Å². The molecule has 3 aromatic carbocycles. The summed E-state index contributed by atoms with van der Waals surface area (Å²) in [4.78, 5) is 0. The molecule has 3 aromatic rings. The van der Waals surface area contributed by atoms with Gasteiger partial charge in [-0.05, 0) is 61.0 Å². The summed E-state index contributed by atoms with van der Waals surface area (Å²) in [6.07, 6.45) is 4.42. The van der Waals surface area contributed by atoms with Gasteiger partial charge in [-0.15, -0.1) is 0 Å². The highest BCUT2D eigenvalue weighted by atomic mass is 28.2. The fourth-order valence-electron chi connectivity index (χ4n) is 2.24. The second kappa shape index (κ2) is 17.6. The largest absolute Gasteiger partial charge is 0.508 e. The molecule has 1 fully saturated rings. The number of hydrogen-bond donors (Lipinski definition) is 3. The average Bonchev–Trinajstić information content (AvgIpc) is 2.82. The Morgan fingerprint density at radius 3 is 1.58 bits per heavy atom. The van der Waals surface area contributed by atoms with Gasteiger partial charge in [0.05, 0.1) is 0 Å². The number of phenols is 3.